The lowest BCUT2D eigenvalue weighted by Crippen LogP contribution is -2.20. The number of aryl methyl sites for hydroxylation is 2. The predicted octanol–water partition coefficient (Wildman–Crippen LogP) is 3.76. The Kier molecular flexibility index (Phi) is 5.40. The molecule has 0 unspecified atom stereocenters. The normalized spacial score (nSPS) is 10.5. The van der Waals surface area contributed by atoms with Crippen LogP contribution in [-0.2, 0) is 11.2 Å². The van der Waals surface area contributed by atoms with Gasteiger partial charge in [-0.25, -0.2) is 0 Å². The van der Waals surface area contributed by atoms with Crippen LogP contribution >= 0.6 is 11.3 Å². The third kappa shape index (κ3) is 4.64. The number of carbonyl (C=O) groups is 1. The molecule has 2 aromatic carbocycles. The van der Waals surface area contributed by atoms with E-state index in [4.69, 9.17) is 4.74 Å². The Balaban J connectivity index is 1.55. The monoisotopic (exact) mass is 353 g/mol. The number of rotatable bonds is 6. The van der Waals surface area contributed by atoms with Crippen LogP contribution in [0.1, 0.15) is 21.7 Å². The van der Waals surface area contributed by atoms with Crippen LogP contribution < -0.4 is 10.1 Å². The van der Waals surface area contributed by atoms with E-state index in [0.717, 1.165) is 27.4 Å². The predicted molar refractivity (Wildman–Crippen MR) is 99.2 cm³/mol. The van der Waals surface area contributed by atoms with E-state index < -0.39 is 0 Å². The Labute approximate surface area is 150 Å². The summed E-state index contributed by atoms with van der Waals surface area (Å²) in [6, 6.07) is 15.9. The lowest BCUT2D eigenvalue weighted by Gasteiger charge is -2.11. The topological polar surface area (TPSA) is 64.1 Å². The van der Waals surface area contributed by atoms with Crippen LogP contribution in [-0.4, -0.2) is 22.7 Å². The Morgan fingerprint density at radius 3 is 2.48 bits per heavy atom. The average molecular weight is 353 g/mol. The standard InChI is InChI=1S/C19H19N3O2S/c1-13-7-6-8-14(2)18(13)24-12-16(23)20-19-22-21-17(25-19)11-15-9-4-3-5-10-15/h3-10H,11-12H2,1-2H3,(H,20,22,23). The number of carbonyl (C=O) groups excluding carboxylic acids is 1. The molecule has 0 spiro atoms. The summed E-state index contributed by atoms with van der Waals surface area (Å²) in [6.45, 7) is 3.86. The zero-order valence-corrected chi connectivity index (χ0v) is 15.0. The number of benzene rings is 2. The van der Waals surface area contributed by atoms with E-state index in [9.17, 15) is 4.79 Å². The van der Waals surface area contributed by atoms with Gasteiger partial charge in [-0.2, -0.15) is 0 Å². The van der Waals surface area contributed by atoms with E-state index >= 15 is 0 Å². The molecule has 25 heavy (non-hydrogen) atoms. The van der Waals surface area contributed by atoms with Crippen LogP contribution in [0.4, 0.5) is 5.13 Å². The van der Waals surface area contributed by atoms with Crippen LogP contribution in [0, 0.1) is 13.8 Å². The van der Waals surface area contributed by atoms with Crippen LogP contribution in [0.3, 0.4) is 0 Å². The van der Waals surface area contributed by atoms with Gasteiger partial charge in [0.15, 0.2) is 6.61 Å². The molecule has 6 heteroatoms. The van der Waals surface area contributed by atoms with Gasteiger partial charge in [-0.3, -0.25) is 10.1 Å². The fourth-order valence-corrected chi connectivity index (χ4v) is 3.26. The van der Waals surface area contributed by atoms with Crippen LogP contribution in [0.5, 0.6) is 5.75 Å². The van der Waals surface area contributed by atoms with E-state index in [0.29, 0.717) is 11.6 Å². The largest absolute Gasteiger partial charge is 0.483 e. The number of anilines is 1. The molecule has 1 aromatic heterocycles. The van der Waals surface area contributed by atoms with E-state index in [1.54, 1.807) is 0 Å². The second-order valence-corrected chi connectivity index (χ2v) is 6.78. The van der Waals surface area contributed by atoms with Gasteiger partial charge in [0.05, 0.1) is 0 Å². The van der Waals surface area contributed by atoms with Crippen molar-refractivity contribution in [3.05, 3.63) is 70.2 Å². The van der Waals surface area contributed by atoms with Gasteiger partial charge in [0, 0.05) is 6.42 Å². The number of hydrogen-bond acceptors (Lipinski definition) is 5. The maximum Gasteiger partial charge on any atom is 0.264 e. The maximum absolute atomic E-state index is 12.1. The highest BCUT2D eigenvalue weighted by Crippen LogP contribution is 2.22. The number of para-hydroxylation sites is 1. The average Bonchev–Trinajstić information content (AvgIpc) is 3.02. The minimum atomic E-state index is -0.245. The van der Waals surface area contributed by atoms with Gasteiger partial charge in [-0.1, -0.05) is 59.9 Å². The second-order valence-electron chi connectivity index (χ2n) is 5.72. The summed E-state index contributed by atoms with van der Waals surface area (Å²) in [6.07, 6.45) is 0.702. The van der Waals surface area contributed by atoms with E-state index in [-0.39, 0.29) is 12.5 Å². The van der Waals surface area contributed by atoms with Gasteiger partial charge >= 0.3 is 0 Å². The lowest BCUT2D eigenvalue weighted by atomic mass is 10.1. The highest BCUT2D eigenvalue weighted by atomic mass is 32.1. The Bertz CT molecular complexity index is 842. The van der Waals surface area contributed by atoms with Gasteiger partial charge < -0.3 is 4.74 Å². The summed E-state index contributed by atoms with van der Waals surface area (Å²) in [5.41, 5.74) is 3.18. The first-order chi connectivity index (χ1) is 12.1. The van der Waals surface area contributed by atoms with Crippen LogP contribution in [0.15, 0.2) is 48.5 Å². The third-order valence-corrected chi connectivity index (χ3v) is 4.51. The summed E-state index contributed by atoms with van der Waals surface area (Å²) in [5.74, 6) is 0.504. The first-order valence-corrected chi connectivity index (χ1v) is 8.78. The zero-order valence-electron chi connectivity index (χ0n) is 14.2. The van der Waals surface area contributed by atoms with Gasteiger partial charge in [-0.15, -0.1) is 10.2 Å². The number of amides is 1. The molecule has 5 nitrogen and oxygen atoms in total. The molecule has 0 saturated carbocycles. The van der Waals surface area contributed by atoms with Crippen molar-refractivity contribution in [2.45, 2.75) is 20.3 Å². The fraction of sp³-hybridized carbons (Fsp3) is 0.211. The lowest BCUT2D eigenvalue weighted by molar-refractivity contribution is -0.118. The van der Waals surface area contributed by atoms with Crippen molar-refractivity contribution in [3.8, 4) is 5.75 Å². The molecule has 0 radical (unpaired) electrons. The van der Waals surface area contributed by atoms with Gasteiger partial charge in [-0.05, 0) is 30.5 Å². The SMILES string of the molecule is Cc1cccc(C)c1OCC(=O)Nc1nnc(Cc2ccccc2)s1. The number of ether oxygens (including phenoxy) is 1. The first kappa shape index (κ1) is 17.1. The molecule has 0 atom stereocenters. The molecule has 0 aliphatic carbocycles. The summed E-state index contributed by atoms with van der Waals surface area (Å²) < 4.78 is 5.65. The maximum atomic E-state index is 12.1. The minimum Gasteiger partial charge on any atom is -0.483 e. The van der Waals surface area contributed by atoms with E-state index in [1.807, 2.05) is 62.4 Å². The van der Waals surface area contributed by atoms with Crippen molar-refractivity contribution < 1.29 is 9.53 Å². The molecule has 0 aliphatic heterocycles. The summed E-state index contributed by atoms with van der Waals surface area (Å²) in [7, 11) is 0. The van der Waals surface area contributed by atoms with Crippen molar-refractivity contribution in [2.24, 2.45) is 0 Å². The third-order valence-electron chi connectivity index (χ3n) is 3.67. The van der Waals surface area contributed by atoms with Gasteiger partial charge in [0.1, 0.15) is 10.8 Å². The summed E-state index contributed by atoms with van der Waals surface area (Å²) in [4.78, 5) is 12.1. The molecule has 0 bridgehead atoms. The minimum absolute atomic E-state index is 0.0563. The van der Waals surface area contributed by atoms with Crippen molar-refractivity contribution in [2.75, 3.05) is 11.9 Å². The quantitative estimate of drug-likeness (QED) is 0.733. The molecule has 128 valence electrons. The van der Waals surface area contributed by atoms with Crippen molar-refractivity contribution in [1.82, 2.24) is 10.2 Å². The Morgan fingerprint density at radius 2 is 1.76 bits per heavy atom. The molecule has 3 aromatic rings. The van der Waals surface area contributed by atoms with E-state index in [2.05, 4.69) is 15.5 Å². The zero-order chi connectivity index (χ0) is 17.6. The highest BCUT2D eigenvalue weighted by Gasteiger charge is 2.11. The number of nitrogens with zero attached hydrogens (tertiary/aromatic N) is 2. The molecule has 0 aliphatic rings. The Morgan fingerprint density at radius 1 is 1.04 bits per heavy atom. The fourth-order valence-electron chi connectivity index (χ4n) is 2.47. The summed E-state index contributed by atoms with van der Waals surface area (Å²) >= 11 is 1.37. The van der Waals surface area contributed by atoms with Gasteiger partial charge in [0.2, 0.25) is 5.13 Å². The molecule has 0 fully saturated rings. The van der Waals surface area contributed by atoms with Crippen molar-refractivity contribution in [3.63, 3.8) is 0 Å². The van der Waals surface area contributed by atoms with Crippen molar-refractivity contribution >= 4 is 22.4 Å². The Hall–Kier alpha value is -2.73. The molecule has 1 amide bonds. The number of hydrogen-bond donors (Lipinski definition) is 1. The molecule has 0 saturated heterocycles. The molecular formula is C19H19N3O2S. The molecule has 3 rings (SSSR count). The smallest absolute Gasteiger partial charge is 0.264 e. The summed E-state index contributed by atoms with van der Waals surface area (Å²) in [5, 5.41) is 12.2. The number of nitrogens with one attached hydrogen (secondary N) is 1. The molecule has 1 N–H and O–H groups in total. The van der Waals surface area contributed by atoms with E-state index in [1.165, 1.54) is 11.3 Å². The highest BCUT2D eigenvalue weighted by molar-refractivity contribution is 7.15. The number of aromatic nitrogens is 2. The van der Waals surface area contributed by atoms with Gasteiger partial charge in [0.25, 0.3) is 5.91 Å². The van der Waals surface area contributed by atoms with Crippen molar-refractivity contribution in [1.29, 1.82) is 0 Å². The molecular weight excluding hydrogens is 334 g/mol. The molecule has 1 heterocycles. The second kappa shape index (κ2) is 7.90. The van der Waals surface area contributed by atoms with Crippen LogP contribution in [0.25, 0.3) is 0 Å². The first-order valence-electron chi connectivity index (χ1n) is 7.97. The van der Waals surface area contributed by atoms with Crippen LogP contribution in [0.2, 0.25) is 0 Å².